The van der Waals surface area contributed by atoms with Crippen molar-refractivity contribution in [2.45, 2.75) is 38.7 Å². The topological polar surface area (TPSA) is 105 Å². The van der Waals surface area contributed by atoms with Crippen molar-refractivity contribution in [3.05, 3.63) is 23.8 Å². The summed E-state index contributed by atoms with van der Waals surface area (Å²) in [4.78, 5) is 11.7. The van der Waals surface area contributed by atoms with Gasteiger partial charge in [-0.05, 0) is 38.5 Å². The highest BCUT2D eigenvalue weighted by molar-refractivity contribution is 5.67. The molecule has 0 fully saturated rings. The minimum Gasteiger partial charge on any atom is -0.504 e. The number of phenols is 2. The molecule has 1 unspecified atom stereocenters. The molecule has 1 rings (SSSR count). The Morgan fingerprint density at radius 2 is 1.86 bits per heavy atom. The summed E-state index contributed by atoms with van der Waals surface area (Å²) in [6, 6.07) is 4.50. The van der Waals surface area contributed by atoms with Gasteiger partial charge in [0.2, 0.25) is 0 Å². The van der Waals surface area contributed by atoms with Crippen LogP contribution >= 0.6 is 0 Å². The highest BCUT2D eigenvalue weighted by Crippen LogP contribution is 2.31. The fraction of sp³-hybridized carbons (Fsp3) is 0.533. The minimum absolute atomic E-state index is 0.196. The Balaban J connectivity index is 2.80. The first-order valence-electron chi connectivity index (χ1n) is 6.77. The van der Waals surface area contributed by atoms with E-state index in [1.807, 2.05) is 6.92 Å². The summed E-state index contributed by atoms with van der Waals surface area (Å²) in [5.41, 5.74) is 5.37. The number of nitrogens with two attached hydrogens (primary N) is 1. The van der Waals surface area contributed by atoms with E-state index in [4.69, 9.17) is 10.5 Å². The molecule has 0 bridgehead atoms. The van der Waals surface area contributed by atoms with E-state index in [9.17, 15) is 15.0 Å². The molecule has 6 nitrogen and oxygen atoms in total. The SMILES string of the molecule is CC(C)(C)OC(=O)NCC(C)(CN)c1ccc(O)c(O)c1. The summed E-state index contributed by atoms with van der Waals surface area (Å²) in [6.07, 6.45) is -0.523. The van der Waals surface area contributed by atoms with Crippen LogP contribution in [-0.4, -0.2) is 35.0 Å². The second kappa shape index (κ2) is 6.22. The Bertz CT molecular complexity index is 511. The number of ether oxygens (including phenoxy) is 1. The summed E-state index contributed by atoms with van der Waals surface area (Å²) in [5, 5.41) is 21.6. The number of amides is 1. The Kier molecular flexibility index (Phi) is 5.06. The van der Waals surface area contributed by atoms with Crippen molar-refractivity contribution in [1.29, 1.82) is 0 Å². The van der Waals surface area contributed by atoms with Gasteiger partial charge in [0.15, 0.2) is 11.5 Å². The Labute approximate surface area is 124 Å². The Morgan fingerprint density at radius 3 is 2.33 bits per heavy atom. The molecule has 0 radical (unpaired) electrons. The maximum Gasteiger partial charge on any atom is 0.407 e. The lowest BCUT2D eigenvalue weighted by Crippen LogP contribution is -2.45. The molecule has 1 atom stereocenters. The molecule has 1 aromatic carbocycles. The first-order chi connectivity index (χ1) is 9.57. The number of alkyl carbamates (subject to hydrolysis) is 1. The average molecular weight is 296 g/mol. The van der Waals surface area contributed by atoms with Crippen LogP contribution in [0.3, 0.4) is 0 Å². The molecule has 0 aromatic heterocycles. The third kappa shape index (κ3) is 4.82. The smallest absolute Gasteiger partial charge is 0.407 e. The summed E-state index contributed by atoms with van der Waals surface area (Å²) in [6.45, 7) is 7.72. The minimum atomic E-state index is -0.581. The number of rotatable bonds is 4. The van der Waals surface area contributed by atoms with Crippen molar-refractivity contribution in [2.75, 3.05) is 13.1 Å². The molecule has 118 valence electrons. The van der Waals surface area contributed by atoms with Crippen LogP contribution in [0.2, 0.25) is 0 Å². The van der Waals surface area contributed by atoms with Crippen LogP contribution in [0.4, 0.5) is 4.79 Å². The summed E-state index contributed by atoms with van der Waals surface area (Å²) >= 11 is 0. The molecule has 0 spiro atoms. The molecule has 0 aliphatic heterocycles. The van der Waals surface area contributed by atoms with Crippen LogP contribution in [0.15, 0.2) is 18.2 Å². The van der Waals surface area contributed by atoms with E-state index in [0.29, 0.717) is 0 Å². The van der Waals surface area contributed by atoms with Crippen molar-refractivity contribution >= 4 is 6.09 Å². The van der Waals surface area contributed by atoms with Gasteiger partial charge in [0.1, 0.15) is 5.60 Å². The molecule has 1 amide bonds. The molecule has 0 saturated heterocycles. The Hall–Kier alpha value is -1.95. The fourth-order valence-corrected chi connectivity index (χ4v) is 1.77. The van der Waals surface area contributed by atoms with Gasteiger partial charge in [-0.3, -0.25) is 0 Å². The number of benzene rings is 1. The monoisotopic (exact) mass is 296 g/mol. The van der Waals surface area contributed by atoms with Crippen molar-refractivity contribution < 1.29 is 19.7 Å². The second-order valence-electron chi connectivity index (χ2n) is 6.32. The highest BCUT2D eigenvalue weighted by atomic mass is 16.6. The lowest BCUT2D eigenvalue weighted by molar-refractivity contribution is 0.0516. The normalized spacial score (nSPS) is 14.3. The molecule has 0 aliphatic carbocycles. The van der Waals surface area contributed by atoms with E-state index < -0.39 is 17.1 Å². The first kappa shape index (κ1) is 17.1. The number of hydrogen-bond donors (Lipinski definition) is 4. The number of phenolic OH excluding ortho intramolecular Hbond substituents is 2. The van der Waals surface area contributed by atoms with Gasteiger partial charge < -0.3 is 26.0 Å². The largest absolute Gasteiger partial charge is 0.504 e. The van der Waals surface area contributed by atoms with Crippen molar-refractivity contribution in [1.82, 2.24) is 5.32 Å². The molecule has 21 heavy (non-hydrogen) atoms. The van der Waals surface area contributed by atoms with Gasteiger partial charge in [-0.2, -0.15) is 0 Å². The van der Waals surface area contributed by atoms with Gasteiger partial charge in [0.25, 0.3) is 0 Å². The number of aromatic hydroxyl groups is 2. The molecule has 1 aromatic rings. The predicted molar refractivity (Wildman–Crippen MR) is 80.4 cm³/mol. The molecule has 0 heterocycles. The lowest BCUT2D eigenvalue weighted by Gasteiger charge is -2.30. The average Bonchev–Trinajstić information content (AvgIpc) is 2.37. The summed E-state index contributed by atoms with van der Waals surface area (Å²) < 4.78 is 5.18. The zero-order valence-corrected chi connectivity index (χ0v) is 12.9. The predicted octanol–water partition coefficient (Wildman–Crippen LogP) is 1.84. The van der Waals surface area contributed by atoms with Crippen molar-refractivity contribution in [2.24, 2.45) is 5.73 Å². The van der Waals surface area contributed by atoms with Gasteiger partial charge in [-0.1, -0.05) is 13.0 Å². The van der Waals surface area contributed by atoms with Gasteiger partial charge in [-0.25, -0.2) is 4.79 Å². The Morgan fingerprint density at radius 1 is 1.24 bits per heavy atom. The van der Waals surface area contributed by atoms with E-state index in [2.05, 4.69) is 5.32 Å². The van der Waals surface area contributed by atoms with Crippen LogP contribution < -0.4 is 11.1 Å². The first-order valence-corrected chi connectivity index (χ1v) is 6.77. The number of carbonyl (C=O) groups excluding carboxylic acids is 1. The zero-order valence-electron chi connectivity index (χ0n) is 12.9. The van der Waals surface area contributed by atoms with Crippen molar-refractivity contribution in [3.8, 4) is 11.5 Å². The van der Waals surface area contributed by atoms with Crippen LogP contribution in [-0.2, 0) is 10.2 Å². The summed E-state index contributed by atoms with van der Waals surface area (Å²) in [7, 11) is 0. The highest BCUT2D eigenvalue weighted by Gasteiger charge is 2.27. The van der Waals surface area contributed by atoms with Gasteiger partial charge >= 0.3 is 6.09 Å². The molecule has 5 N–H and O–H groups in total. The molecule has 0 aliphatic rings. The van der Waals surface area contributed by atoms with Crippen LogP contribution in [0.1, 0.15) is 33.3 Å². The molecular weight excluding hydrogens is 272 g/mol. The maximum absolute atomic E-state index is 11.7. The van der Waals surface area contributed by atoms with Gasteiger partial charge in [-0.15, -0.1) is 0 Å². The van der Waals surface area contributed by atoms with Crippen LogP contribution in [0, 0.1) is 0 Å². The maximum atomic E-state index is 11.7. The molecule has 6 heteroatoms. The van der Waals surface area contributed by atoms with E-state index >= 15 is 0 Å². The standard InChI is InChI=1S/C15H24N2O4/c1-14(2,3)21-13(20)17-9-15(4,8-16)10-5-6-11(18)12(19)7-10/h5-7,18-19H,8-9,16H2,1-4H3,(H,17,20). The second-order valence-corrected chi connectivity index (χ2v) is 6.32. The quantitative estimate of drug-likeness (QED) is 0.635. The zero-order chi connectivity index (χ0) is 16.3. The van der Waals surface area contributed by atoms with Crippen molar-refractivity contribution in [3.63, 3.8) is 0 Å². The van der Waals surface area contributed by atoms with E-state index in [1.54, 1.807) is 26.8 Å². The van der Waals surface area contributed by atoms with E-state index in [0.717, 1.165) is 5.56 Å². The number of nitrogens with one attached hydrogen (secondary N) is 1. The number of hydrogen-bond acceptors (Lipinski definition) is 5. The van der Waals surface area contributed by atoms with E-state index in [1.165, 1.54) is 12.1 Å². The molecule has 0 saturated carbocycles. The molecular formula is C15H24N2O4. The summed E-state index contributed by atoms with van der Waals surface area (Å²) in [5.74, 6) is -0.414. The third-order valence-electron chi connectivity index (χ3n) is 3.14. The third-order valence-corrected chi connectivity index (χ3v) is 3.14. The van der Waals surface area contributed by atoms with Gasteiger partial charge in [0, 0.05) is 18.5 Å². The fourth-order valence-electron chi connectivity index (χ4n) is 1.77. The van der Waals surface area contributed by atoms with Crippen LogP contribution in [0.25, 0.3) is 0 Å². The van der Waals surface area contributed by atoms with Crippen LogP contribution in [0.5, 0.6) is 11.5 Å². The lowest BCUT2D eigenvalue weighted by atomic mass is 9.82. The number of carbonyl (C=O) groups is 1. The van der Waals surface area contributed by atoms with E-state index in [-0.39, 0.29) is 24.6 Å². The van der Waals surface area contributed by atoms with Gasteiger partial charge in [0.05, 0.1) is 0 Å².